The molecule has 1 aromatic carbocycles. The number of nitrogens with zero attached hydrogens (tertiary/aromatic N) is 3. The molecule has 0 amide bonds. The minimum Gasteiger partial charge on any atom is -0.550 e. The van der Waals surface area contributed by atoms with Crippen LogP contribution in [0.3, 0.4) is 0 Å². The van der Waals surface area contributed by atoms with Crippen molar-refractivity contribution < 1.29 is 44.2 Å². The summed E-state index contributed by atoms with van der Waals surface area (Å²) in [6, 6.07) is 9.89. The third-order valence-corrected chi connectivity index (χ3v) is 5.25. The van der Waals surface area contributed by atoms with Crippen molar-refractivity contribution in [3.05, 3.63) is 60.4 Å². The van der Waals surface area contributed by atoms with E-state index in [9.17, 15) is 9.90 Å². The van der Waals surface area contributed by atoms with E-state index in [1.54, 1.807) is 19.5 Å². The molecule has 0 atom stereocenters. The van der Waals surface area contributed by atoms with Gasteiger partial charge in [-0.3, -0.25) is 0 Å². The molecular weight excluding hydrogens is 365 g/mol. The van der Waals surface area contributed by atoms with Gasteiger partial charge in [-0.05, 0) is 48.4 Å². The first-order chi connectivity index (χ1) is 13.0. The predicted octanol–water partition coefficient (Wildman–Crippen LogP) is -0.834. The molecule has 142 valence electrons. The summed E-state index contributed by atoms with van der Waals surface area (Å²) in [4.78, 5) is 21.5. The van der Waals surface area contributed by atoms with E-state index in [-0.39, 0.29) is 41.6 Å². The molecule has 1 aliphatic heterocycles. The van der Waals surface area contributed by atoms with Crippen LogP contribution in [0.2, 0.25) is 0 Å². The molecule has 0 saturated carbocycles. The van der Waals surface area contributed by atoms with E-state index in [0.29, 0.717) is 6.42 Å². The summed E-state index contributed by atoms with van der Waals surface area (Å²) >= 11 is 0. The van der Waals surface area contributed by atoms with Crippen LogP contribution in [-0.4, -0.2) is 36.1 Å². The van der Waals surface area contributed by atoms with Gasteiger partial charge >= 0.3 is 29.6 Å². The third kappa shape index (κ3) is 5.20. The summed E-state index contributed by atoms with van der Waals surface area (Å²) in [6.45, 7) is 5.61. The van der Waals surface area contributed by atoms with Crippen molar-refractivity contribution in [3.8, 4) is 0 Å². The van der Waals surface area contributed by atoms with Crippen molar-refractivity contribution in [1.82, 2.24) is 9.97 Å². The average molecular weight is 389 g/mol. The summed E-state index contributed by atoms with van der Waals surface area (Å²) in [7, 11) is 1.75. The summed E-state index contributed by atoms with van der Waals surface area (Å²) < 4.78 is 5.95. The Bertz CT molecular complexity index is 788. The van der Waals surface area contributed by atoms with Gasteiger partial charge in [-0.15, -0.1) is 0 Å². The molecule has 1 fully saturated rings. The summed E-state index contributed by atoms with van der Waals surface area (Å²) in [5.74, 6) is -0.304. The zero-order valence-corrected chi connectivity index (χ0v) is 18.6. The first kappa shape index (κ1) is 22.6. The number of benzene rings is 1. The Morgan fingerprint density at radius 1 is 1.18 bits per heavy atom. The second-order valence-corrected chi connectivity index (χ2v) is 6.79. The van der Waals surface area contributed by atoms with E-state index < -0.39 is 5.97 Å². The fraction of sp³-hybridized carbons (Fsp3) is 0.381. The van der Waals surface area contributed by atoms with Crippen LogP contribution >= 0.6 is 0 Å². The Labute approximate surface area is 187 Å². The van der Waals surface area contributed by atoms with E-state index in [2.05, 4.69) is 33.6 Å². The van der Waals surface area contributed by atoms with Crippen molar-refractivity contribution in [2.75, 3.05) is 25.1 Å². The molecule has 1 aliphatic rings. The quantitative estimate of drug-likeness (QED) is 0.575. The Balaban J connectivity index is 0.00000280. The van der Waals surface area contributed by atoms with Crippen LogP contribution in [0.1, 0.15) is 36.8 Å². The van der Waals surface area contributed by atoms with E-state index in [0.717, 1.165) is 48.6 Å². The number of carboxylic acid groups (broad SMARTS) is 1. The number of carbonyl (C=O) groups excluding carboxylic acids is 1. The molecule has 7 heteroatoms. The maximum atomic E-state index is 10.6. The smallest absolute Gasteiger partial charge is 0.550 e. The molecular formula is C21H24N3NaO3. The molecule has 28 heavy (non-hydrogen) atoms. The number of piperidine rings is 1. The third-order valence-electron chi connectivity index (χ3n) is 5.25. The Morgan fingerprint density at radius 3 is 2.32 bits per heavy atom. The van der Waals surface area contributed by atoms with Crippen molar-refractivity contribution in [2.45, 2.75) is 31.3 Å². The average Bonchev–Trinajstić information content (AvgIpc) is 2.73. The fourth-order valence-corrected chi connectivity index (χ4v) is 3.54. The zero-order chi connectivity index (χ0) is 19.3. The SMILES string of the molecule is C=C(CCC(=O)[O-])c1ccc(C2(OC)CCN(c3ncccn3)CC2)cc1.[Na+]. The van der Waals surface area contributed by atoms with Crippen molar-refractivity contribution in [1.29, 1.82) is 0 Å². The molecule has 1 saturated heterocycles. The minimum atomic E-state index is -1.06. The van der Waals surface area contributed by atoms with Gasteiger partial charge in [0, 0.05) is 38.6 Å². The second-order valence-electron chi connectivity index (χ2n) is 6.79. The second kappa shape index (κ2) is 10.2. The largest absolute Gasteiger partial charge is 1.00 e. The van der Waals surface area contributed by atoms with Gasteiger partial charge in [0.25, 0.3) is 0 Å². The molecule has 0 radical (unpaired) electrons. The van der Waals surface area contributed by atoms with Gasteiger partial charge in [0.2, 0.25) is 5.95 Å². The number of carbonyl (C=O) groups is 1. The van der Waals surface area contributed by atoms with Gasteiger partial charge in [-0.2, -0.15) is 0 Å². The number of hydrogen-bond donors (Lipinski definition) is 0. The summed E-state index contributed by atoms with van der Waals surface area (Å²) in [6.07, 6.45) is 5.57. The minimum absolute atomic E-state index is 0. The van der Waals surface area contributed by atoms with Gasteiger partial charge in [0.15, 0.2) is 0 Å². The molecule has 0 unspecified atom stereocenters. The van der Waals surface area contributed by atoms with Crippen LogP contribution in [0.25, 0.3) is 5.57 Å². The van der Waals surface area contributed by atoms with Crippen molar-refractivity contribution in [3.63, 3.8) is 0 Å². The van der Waals surface area contributed by atoms with E-state index in [4.69, 9.17) is 4.74 Å². The number of aromatic nitrogens is 2. The Hall–Kier alpha value is -1.73. The van der Waals surface area contributed by atoms with Gasteiger partial charge in [-0.25, -0.2) is 9.97 Å². The number of ether oxygens (including phenoxy) is 1. The number of aliphatic carboxylic acids is 1. The molecule has 0 bridgehead atoms. The van der Waals surface area contributed by atoms with E-state index >= 15 is 0 Å². The van der Waals surface area contributed by atoms with Crippen molar-refractivity contribution in [2.24, 2.45) is 0 Å². The first-order valence-corrected chi connectivity index (χ1v) is 9.10. The monoisotopic (exact) mass is 389 g/mol. The normalized spacial score (nSPS) is 15.5. The van der Waals surface area contributed by atoms with Crippen LogP contribution in [0.4, 0.5) is 5.95 Å². The van der Waals surface area contributed by atoms with Crippen LogP contribution in [0, 0.1) is 0 Å². The molecule has 0 aliphatic carbocycles. The topological polar surface area (TPSA) is 78.4 Å². The molecule has 2 aromatic rings. The maximum absolute atomic E-state index is 10.6. The Kier molecular flexibility index (Phi) is 8.19. The number of carboxylic acids is 1. The predicted molar refractivity (Wildman–Crippen MR) is 102 cm³/mol. The van der Waals surface area contributed by atoms with Crippen LogP contribution < -0.4 is 39.6 Å². The number of methoxy groups -OCH3 is 1. The molecule has 0 spiro atoms. The molecule has 6 nitrogen and oxygen atoms in total. The molecule has 0 N–H and O–H groups in total. The summed E-state index contributed by atoms with van der Waals surface area (Å²) in [5, 5.41) is 10.6. The van der Waals surface area contributed by atoms with Crippen LogP contribution in [0.15, 0.2) is 49.3 Å². The van der Waals surface area contributed by atoms with Crippen LogP contribution in [0.5, 0.6) is 0 Å². The van der Waals surface area contributed by atoms with E-state index in [1.807, 2.05) is 18.2 Å². The molecule has 1 aromatic heterocycles. The van der Waals surface area contributed by atoms with Gasteiger partial charge < -0.3 is 19.5 Å². The molecule has 3 rings (SSSR count). The number of allylic oxidation sites excluding steroid dienone is 1. The van der Waals surface area contributed by atoms with Crippen molar-refractivity contribution >= 4 is 17.5 Å². The van der Waals surface area contributed by atoms with Gasteiger partial charge in [0.05, 0.1) is 5.60 Å². The van der Waals surface area contributed by atoms with Gasteiger partial charge in [-0.1, -0.05) is 30.8 Å². The fourth-order valence-electron chi connectivity index (χ4n) is 3.54. The standard InChI is InChI=1S/C21H25N3O3.Na/c1-16(4-9-19(25)26)17-5-7-18(8-6-17)21(27-2)10-14-24(15-11-21)20-22-12-3-13-23-20;/h3,5-8,12-13H,1,4,9-11,14-15H2,2H3,(H,25,26);/q;+1/p-1. The first-order valence-electron chi connectivity index (χ1n) is 9.10. The Morgan fingerprint density at radius 2 is 1.79 bits per heavy atom. The number of hydrogen-bond acceptors (Lipinski definition) is 6. The van der Waals surface area contributed by atoms with Crippen LogP contribution in [-0.2, 0) is 15.1 Å². The number of rotatable bonds is 7. The molecule has 2 heterocycles. The summed E-state index contributed by atoms with van der Waals surface area (Å²) in [5.41, 5.74) is 2.53. The maximum Gasteiger partial charge on any atom is 1.00 e. The van der Waals surface area contributed by atoms with Gasteiger partial charge in [0.1, 0.15) is 0 Å². The zero-order valence-electron chi connectivity index (χ0n) is 16.6. The van der Waals surface area contributed by atoms with E-state index in [1.165, 1.54) is 0 Å². The number of anilines is 1.